The van der Waals surface area contributed by atoms with Gasteiger partial charge in [0, 0.05) is 39.3 Å². The quantitative estimate of drug-likeness (QED) is 0.728. The summed E-state index contributed by atoms with van der Waals surface area (Å²) in [6, 6.07) is 8.54. The van der Waals surface area contributed by atoms with Crippen molar-refractivity contribution in [3.8, 4) is 0 Å². The highest BCUT2D eigenvalue weighted by atomic mass is 16.2. The molecule has 2 aromatic heterocycles. The molecule has 0 saturated carbocycles. The van der Waals surface area contributed by atoms with E-state index in [9.17, 15) is 4.79 Å². The van der Waals surface area contributed by atoms with Crippen LogP contribution in [-0.4, -0.2) is 44.9 Å². The number of benzene rings is 1. The number of anilines is 2. The molecule has 2 aliphatic rings. The number of carbonyl (C=O) groups excluding carboxylic acids is 1. The molecule has 0 radical (unpaired) electrons. The molecule has 2 saturated heterocycles. The summed E-state index contributed by atoms with van der Waals surface area (Å²) in [5.41, 5.74) is 3.11. The summed E-state index contributed by atoms with van der Waals surface area (Å²) < 4.78 is 4.18. The van der Waals surface area contributed by atoms with Crippen LogP contribution in [-0.2, 0) is 11.8 Å². The van der Waals surface area contributed by atoms with Gasteiger partial charge in [0.15, 0.2) is 0 Å². The summed E-state index contributed by atoms with van der Waals surface area (Å²) >= 11 is 0. The van der Waals surface area contributed by atoms with Crippen LogP contribution < -0.4 is 9.80 Å². The highest BCUT2D eigenvalue weighted by molar-refractivity contribution is 5.95. The Labute approximate surface area is 151 Å². The second-order valence-corrected chi connectivity index (χ2v) is 7.18. The van der Waals surface area contributed by atoms with Crippen molar-refractivity contribution in [1.29, 1.82) is 0 Å². The Morgan fingerprint density at radius 1 is 1.19 bits per heavy atom. The Kier molecular flexibility index (Phi) is 3.48. The lowest BCUT2D eigenvalue weighted by atomic mass is 10.3. The summed E-state index contributed by atoms with van der Waals surface area (Å²) in [5.74, 6) is 1.22. The van der Waals surface area contributed by atoms with Gasteiger partial charge in [0.1, 0.15) is 0 Å². The Morgan fingerprint density at radius 3 is 2.88 bits per heavy atom. The average molecular weight is 350 g/mol. The maximum absolute atomic E-state index is 11.9. The second-order valence-electron chi connectivity index (χ2n) is 7.18. The van der Waals surface area contributed by atoms with E-state index in [0.29, 0.717) is 12.5 Å². The van der Waals surface area contributed by atoms with E-state index >= 15 is 0 Å². The van der Waals surface area contributed by atoms with Crippen LogP contribution in [0.4, 0.5) is 11.6 Å². The van der Waals surface area contributed by atoms with Gasteiger partial charge in [-0.2, -0.15) is 5.10 Å². The molecule has 7 heteroatoms. The fourth-order valence-electron chi connectivity index (χ4n) is 4.14. The summed E-state index contributed by atoms with van der Waals surface area (Å²) in [5, 5.41) is 4.54. The predicted molar refractivity (Wildman–Crippen MR) is 100 cm³/mol. The minimum absolute atomic E-state index is 0.206. The van der Waals surface area contributed by atoms with Crippen LogP contribution in [0, 0.1) is 0 Å². The van der Waals surface area contributed by atoms with E-state index in [1.165, 1.54) is 0 Å². The van der Waals surface area contributed by atoms with Crippen LogP contribution in [0.2, 0.25) is 0 Å². The first kappa shape index (κ1) is 15.4. The highest BCUT2D eigenvalue weighted by Gasteiger charge is 2.29. The first-order valence-electron chi connectivity index (χ1n) is 9.21. The summed E-state index contributed by atoms with van der Waals surface area (Å²) in [6.45, 7) is 2.65. The number of amides is 1. The van der Waals surface area contributed by atoms with Gasteiger partial charge in [0.2, 0.25) is 11.9 Å². The zero-order valence-electron chi connectivity index (χ0n) is 14.9. The fraction of sp³-hybridized carbons (Fsp3) is 0.421. The van der Waals surface area contributed by atoms with Crippen molar-refractivity contribution in [3.05, 3.63) is 36.7 Å². The minimum Gasteiger partial charge on any atom is -0.340 e. The first-order chi connectivity index (χ1) is 12.7. The van der Waals surface area contributed by atoms with E-state index in [-0.39, 0.29) is 5.91 Å². The smallest absolute Gasteiger partial charge is 0.227 e. The van der Waals surface area contributed by atoms with Crippen LogP contribution in [0.5, 0.6) is 0 Å². The van der Waals surface area contributed by atoms with Gasteiger partial charge in [0.05, 0.1) is 29.0 Å². The Hall–Kier alpha value is -2.83. The number of para-hydroxylation sites is 2. The topological polar surface area (TPSA) is 59.2 Å². The molecule has 4 heterocycles. The molecule has 1 atom stereocenters. The highest BCUT2D eigenvalue weighted by Crippen LogP contribution is 2.30. The molecule has 0 bridgehead atoms. The summed E-state index contributed by atoms with van der Waals surface area (Å²) in [4.78, 5) is 20.9. The van der Waals surface area contributed by atoms with Gasteiger partial charge in [-0.3, -0.25) is 9.48 Å². The Balaban J connectivity index is 1.36. The van der Waals surface area contributed by atoms with Crippen molar-refractivity contribution >= 4 is 28.6 Å². The van der Waals surface area contributed by atoms with Crippen LogP contribution in [0.25, 0.3) is 11.0 Å². The summed E-state index contributed by atoms with van der Waals surface area (Å²) in [7, 11) is 2.07. The SMILES string of the molecule is Cn1c(N2CCC(n3cc(N4CCCC4=O)cn3)C2)nc2ccccc21. The van der Waals surface area contributed by atoms with Crippen LogP contribution in [0.3, 0.4) is 0 Å². The van der Waals surface area contributed by atoms with Gasteiger partial charge in [-0.15, -0.1) is 0 Å². The third-order valence-electron chi connectivity index (χ3n) is 5.56. The van der Waals surface area contributed by atoms with Gasteiger partial charge in [0.25, 0.3) is 0 Å². The standard InChI is InChI=1S/C19H22N6O/c1-22-17-6-3-2-5-16(17)21-19(22)23-10-8-14(12-23)25-13-15(11-20-25)24-9-4-7-18(24)26/h2-3,5-6,11,13-14H,4,7-10,12H2,1H3. The van der Waals surface area contributed by atoms with E-state index in [2.05, 4.69) is 33.7 Å². The third-order valence-corrected chi connectivity index (χ3v) is 5.56. The molecule has 1 unspecified atom stereocenters. The molecule has 2 aliphatic heterocycles. The zero-order valence-corrected chi connectivity index (χ0v) is 14.9. The van der Waals surface area contributed by atoms with Crippen molar-refractivity contribution in [1.82, 2.24) is 19.3 Å². The number of nitrogens with zero attached hydrogens (tertiary/aromatic N) is 6. The molecule has 2 fully saturated rings. The van der Waals surface area contributed by atoms with Crippen molar-refractivity contribution < 1.29 is 4.79 Å². The lowest BCUT2D eigenvalue weighted by molar-refractivity contribution is -0.117. The van der Waals surface area contributed by atoms with Crippen molar-refractivity contribution in [3.63, 3.8) is 0 Å². The molecule has 0 N–H and O–H groups in total. The fourth-order valence-corrected chi connectivity index (χ4v) is 4.14. The largest absolute Gasteiger partial charge is 0.340 e. The number of imidazole rings is 1. The number of fused-ring (bicyclic) bond motifs is 1. The Bertz CT molecular complexity index is 973. The molecule has 0 aliphatic carbocycles. The zero-order chi connectivity index (χ0) is 17.7. The second kappa shape index (κ2) is 5.86. The van der Waals surface area contributed by atoms with E-state index in [1.807, 2.05) is 34.1 Å². The maximum Gasteiger partial charge on any atom is 0.227 e. The van der Waals surface area contributed by atoms with E-state index in [0.717, 1.165) is 55.1 Å². The minimum atomic E-state index is 0.206. The van der Waals surface area contributed by atoms with Gasteiger partial charge in [-0.1, -0.05) is 12.1 Å². The molecule has 1 amide bonds. The Morgan fingerprint density at radius 2 is 2.08 bits per heavy atom. The van der Waals surface area contributed by atoms with Crippen LogP contribution in [0.1, 0.15) is 25.3 Å². The van der Waals surface area contributed by atoms with Gasteiger partial charge < -0.3 is 14.4 Å². The molecular formula is C19H22N6O. The van der Waals surface area contributed by atoms with Crippen molar-refractivity contribution in [2.45, 2.75) is 25.3 Å². The van der Waals surface area contributed by atoms with Crippen molar-refractivity contribution in [2.75, 3.05) is 29.4 Å². The first-order valence-corrected chi connectivity index (χ1v) is 9.21. The van der Waals surface area contributed by atoms with Gasteiger partial charge in [-0.25, -0.2) is 4.98 Å². The predicted octanol–water partition coefficient (Wildman–Crippen LogP) is 2.35. The van der Waals surface area contributed by atoms with Crippen LogP contribution >= 0.6 is 0 Å². The molecule has 5 rings (SSSR count). The third kappa shape index (κ3) is 2.38. The number of rotatable bonds is 3. The number of aryl methyl sites for hydroxylation is 1. The monoisotopic (exact) mass is 350 g/mol. The lowest BCUT2D eigenvalue weighted by Gasteiger charge is -2.18. The average Bonchev–Trinajstić information content (AvgIpc) is 3.41. The van der Waals surface area contributed by atoms with Gasteiger partial charge >= 0.3 is 0 Å². The molecular weight excluding hydrogens is 328 g/mol. The molecule has 26 heavy (non-hydrogen) atoms. The molecule has 7 nitrogen and oxygen atoms in total. The van der Waals surface area contributed by atoms with E-state index < -0.39 is 0 Å². The van der Waals surface area contributed by atoms with Crippen molar-refractivity contribution in [2.24, 2.45) is 7.05 Å². The number of hydrogen-bond acceptors (Lipinski definition) is 4. The van der Waals surface area contributed by atoms with Gasteiger partial charge in [-0.05, 0) is 25.0 Å². The lowest BCUT2D eigenvalue weighted by Crippen LogP contribution is -2.24. The number of hydrogen-bond donors (Lipinski definition) is 0. The van der Waals surface area contributed by atoms with Crippen LogP contribution in [0.15, 0.2) is 36.7 Å². The normalized spacial score (nSPS) is 20.7. The number of aromatic nitrogens is 4. The molecule has 3 aromatic rings. The molecule has 0 spiro atoms. The maximum atomic E-state index is 11.9. The molecule has 1 aromatic carbocycles. The van der Waals surface area contributed by atoms with E-state index in [1.54, 1.807) is 0 Å². The summed E-state index contributed by atoms with van der Waals surface area (Å²) in [6.07, 6.45) is 6.45. The molecule has 134 valence electrons. The number of carbonyl (C=O) groups is 1. The van der Waals surface area contributed by atoms with E-state index in [4.69, 9.17) is 4.98 Å².